The van der Waals surface area contributed by atoms with Gasteiger partial charge in [-0.2, -0.15) is 0 Å². The lowest BCUT2D eigenvalue weighted by Crippen LogP contribution is -2.23. The minimum absolute atomic E-state index is 0.0916. The van der Waals surface area contributed by atoms with Gasteiger partial charge in [-0.3, -0.25) is 4.79 Å². The van der Waals surface area contributed by atoms with Crippen molar-refractivity contribution in [2.75, 3.05) is 0 Å². The predicted molar refractivity (Wildman–Crippen MR) is 74.5 cm³/mol. The van der Waals surface area contributed by atoms with Crippen molar-refractivity contribution < 1.29 is 9.18 Å². The van der Waals surface area contributed by atoms with Gasteiger partial charge in [0.25, 0.3) is 5.91 Å². The third-order valence-electron chi connectivity index (χ3n) is 2.45. The third kappa shape index (κ3) is 3.52. The molecule has 3 nitrogen and oxygen atoms in total. The summed E-state index contributed by atoms with van der Waals surface area (Å²) in [6.07, 6.45) is 1.50. The molecule has 0 aliphatic heterocycles. The van der Waals surface area contributed by atoms with Crippen LogP contribution in [0.25, 0.3) is 0 Å². The largest absolute Gasteiger partial charge is 0.348 e. The average molecular weight is 344 g/mol. The standard InChI is InChI=1S/C13H9BrClFN2O/c14-9-5-10(12(15)17-7-9)13(19)18-6-8-3-1-2-4-11(8)16/h1-5,7H,6H2,(H,18,19). The fourth-order valence-corrected chi connectivity index (χ4v) is 2.01. The molecule has 98 valence electrons. The Bertz CT molecular complexity index is 621. The Kier molecular flexibility index (Phi) is 4.50. The SMILES string of the molecule is O=C(NCc1ccccc1F)c1cc(Br)cnc1Cl. The number of carbonyl (C=O) groups excluding carboxylic acids is 1. The number of amides is 1. The molecule has 0 spiro atoms. The minimum atomic E-state index is -0.401. The Labute approximate surface area is 122 Å². The Balaban J connectivity index is 2.10. The number of carbonyl (C=O) groups is 1. The van der Waals surface area contributed by atoms with E-state index < -0.39 is 5.91 Å². The molecular weight excluding hydrogens is 335 g/mol. The van der Waals surface area contributed by atoms with Crippen molar-refractivity contribution in [3.63, 3.8) is 0 Å². The van der Waals surface area contributed by atoms with Crippen LogP contribution >= 0.6 is 27.5 Å². The van der Waals surface area contributed by atoms with Gasteiger partial charge in [-0.15, -0.1) is 0 Å². The number of hydrogen-bond acceptors (Lipinski definition) is 2. The summed E-state index contributed by atoms with van der Waals surface area (Å²) < 4.78 is 14.0. The Morgan fingerprint density at radius 3 is 2.89 bits per heavy atom. The van der Waals surface area contributed by atoms with Crippen LogP contribution in [0.5, 0.6) is 0 Å². The van der Waals surface area contributed by atoms with Gasteiger partial charge in [0.1, 0.15) is 11.0 Å². The van der Waals surface area contributed by atoms with Crippen LogP contribution in [0.15, 0.2) is 41.0 Å². The van der Waals surface area contributed by atoms with Crippen molar-refractivity contribution in [2.24, 2.45) is 0 Å². The zero-order valence-electron chi connectivity index (χ0n) is 9.66. The second-order valence-corrected chi connectivity index (χ2v) is 5.04. The van der Waals surface area contributed by atoms with Crippen molar-refractivity contribution in [2.45, 2.75) is 6.54 Å². The van der Waals surface area contributed by atoms with Crippen LogP contribution in [0.3, 0.4) is 0 Å². The summed E-state index contributed by atoms with van der Waals surface area (Å²) in [5.74, 6) is -0.761. The zero-order chi connectivity index (χ0) is 13.8. The first-order valence-corrected chi connectivity index (χ1v) is 6.57. The first-order valence-electron chi connectivity index (χ1n) is 5.40. The summed E-state index contributed by atoms with van der Waals surface area (Å²) in [6.45, 7) is 0.0916. The second-order valence-electron chi connectivity index (χ2n) is 3.77. The maximum Gasteiger partial charge on any atom is 0.254 e. The molecule has 1 amide bonds. The maximum atomic E-state index is 13.4. The topological polar surface area (TPSA) is 42.0 Å². The molecule has 19 heavy (non-hydrogen) atoms. The van der Waals surface area contributed by atoms with Crippen molar-refractivity contribution in [1.82, 2.24) is 10.3 Å². The quantitative estimate of drug-likeness (QED) is 0.866. The Morgan fingerprint density at radius 2 is 2.16 bits per heavy atom. The number of nitrogens with zero attached hydrogens (tertiary/aromatic N) is 1. The summed E-state index contributed by atoms with van der Waals surface area (Å²) in [6, 6.07) is 7.81. The van der Waals surface area contributed by atoms with E-state index in [0.29, 0.717) is 10.0 Å². The van der Waals surface area contributed by atoms with Crippen LogP contribution in [0.4, 0.5) is 4.39 Å². The number of benzene rings is 1. The molecule has 6 heteroatoms. The smallest absolute Gasteiger partial charge is 0.254 e. The molecule has 0 radical (unpaired) electrons. The molecule has 1 heterocycles. The monoisotopic (exact) mass is 342 g/mol. The van der Waals surface area contributed by atoms with Gasteiger partial charge >= 0.3 is 0 Å². The normalized spacial score (nSPS) is 10.3. The maximum absolute atomic E-state index is 13.4. The lowest BCUT2D eigenvalue weighted by molar-refractivity contribution is 0.0950. The van der Waals surface area contributed by atoms with Gasteiger partial charge < -0.3 is 5.32 Å². The molecule has 0 saturated carbocycles. The third-order valence-corrected chi connectivity index (χ3v) is 3.18. The molecule has 1 aromatic carbocycles. The van der Waals surface area contributed by atoms with E-state index in [9.17, 15) is 9.18 Å². The summed E-state index contributed by atoms with van der Waals surface area (Å²) in [4.78, 5) is 15.8. The van der Waals surface area contributed by atoms with E-state index in [1.165, 1.54) is 12.3 Å². The first-order chi connectivity index (χ1) is 9.08. The molecule has 0 aliphatic rings. The van der Waals surface area contributed by atoms with Gasteiger partial charge in [0, 0.05) is 22.8 Å². The summed E-state index contributed by atoms with van der Waals surface area (Å²) >= 11 is 9.05. The molecule has 1 aromatic heterocycles. The highest BCUT2D eigenvalue weighted by molar-refractivity contribution is 9.10. The lowest BCUT2D eigenvalue weighted by Gasteiger charge is -2.07. The zero-order valence-corrected chi connectivity index (χ0v) is 12.0. The van der Waals surface area contributed by atoms with Gasteiger partial charge in [0.15, 0.2) is 0 Å². The van der Waals surface area contributed by atoms with Gasteiger partial charge in [0.2, 0.25) is 0 Å². The predicted octanol–water partition coefficient (Wildman–Crippen LogP) is 3.57. The Hall–Kier alpha value is -1.46. The fourth-order valence-electron chi connectivity index (χ4n) is 1.49. The van der Waals surface area contributed by atoms with E-state index >= 15 is 0 Å². The van der Waals surface area contributed by atoms with Crippen LogP contribution in [0.1, 0.15) is 15.9 Å². The second kappa shape index (κ2) is 6.12. The molecule has 0 unspecified atom stereocenters. The van der Waals surface area contributed by atoms with E-state index in [0.717, 1.165) is 0 Å². The molecule has 0 atom stereocenters. The van der Waals surface area contributed by atoms with E-state index in [2.05, 4.69) is 26.2 Å². The van der Waals surface area contributed by atoms with Crippen LogP contribution in [0, 0.1) is 5.82 Å². The van der Waals surface area contributed by atoms with Crippen LogP contribution < -0.4 is 5.32 Å². The van der Waals surface area contributed by atoms with E-state index in [1.54, 1.807) is 24.3 Å². The number of halogens is 3. The molecule has 2 aromatic rings. The molecular formula is C13H9BrClFN2O. The molecule has 2 rings (SSSR count). The van der Waals surface area contributed by atoms with Crippen molar-refractivity contribution in [3.8, 4) is 0 Å². The summed E-state index contributed by atoms with van der Waals surface area (Å²) in [5.41, 5.74) is 0.655. The highest BCUT2D eigenvalue weighted by Gasteiger charge is 2.12. The lowest BCUT2D eigenvalue weighted by atomic mass is 10.2. The van der Waals surface area contributed by atoms with Crippen molar-refractivity contribution >= 4 is 33.4 Å². The first kappa shape index (κ1) is 14.0. The highest BCUT2D eigenvalue weighted by atomic mass is 79.9. The molecule has 0 saturated heterocycles. The van der Waals surface area contributed by atoms with E-state index in [-0.39, 0.29) is 23.1 Å². The van der Waals surface area contributed by atoms with Crippen LogP contribution in [-0.4, -0.2) is 10.9 Å². The van der Waals surface area contributed by atoms with Crippen molar-refractivity contribution in [1.29, 1.82) is 0 Å². The van der Waals surface area contributed by atoms with Gasteiger partial charge in [-0.25, -0.2) is 9.37 Å². The van der Waals surface area contributed by atoms with Crippen LogP contribution in [-0.2, 0) is 6.54 Å². The highest BCUT2D eigenvalue weighted by Crippen LogP contribution is 2.18. The summed E-state index contributed by atoms with van der Waals surface area (Å²) in [7, 11) is 0. The molecule has 0 bridgehead atoms. The molecule has 0 aliphatic carbocycles. The van der Waals surface area contributed by atoms with Gasteiger partial charge in [-0.1, -0.05) is 29.8 Å². The Morgan fingerprint density at radius 1 is 1.42 bits per heavy atom. The summed E-state index contributed by atoms with van der Waals surface area (Å²) in [5, 5.41) is 2.71. The van der Waals surface area contributed by atoms with Gasteiger partial charge in [0.05, 0.1) is 5.56 Å². The van der Waals surface area contributed by atoms with Gasteiger partial charge in [-0.05, 0) is 28.1 Å². The van der Waals surface area contributed by atoms with Crippen molar-refractivity contribution in [3.05, 3.63) is 63.1 Å². The number of rotatable bonds is 3. The number of pyridine rings is 1. The fraction of sp³-hybridized carbons (Fsp3) is 0.0769. The van der Waals surface area contributed by atoms with E-state index in [4.69, 9.17) is 11.6 Å². The minimum Gasteiger partial charge on any atom is -0.348 e. The number of nitrogens with one attached hydrogen (secondary N) is 1. The van der Waals surface area contributed by atoms with Crippen LogP contribution in [0.2, 0.25) is 5.15 Å². The molecule has 1 N–H and O–H groups in total. The number of aromatic nitrogens is 1. The molecule has 0 fully saturated rings. The number of hydrogen-bond donors (Lipinski definition) is 1. The van der Waals surface area contributed by atoms with E-state index in [1.807, 2.05) is 0 Å². The average Bonchev–Trinajstić information content (AvgIpc) is 2.40.